The molecule has 0 unspecified atom stereocenters. The molecule has 2 N–H and O–H groups in total. The maximum atomic E-state index is 12.1. The highest BCUT2D eigenvalue weighted by Gasteiger charge is 2.17. The van der Waals surface area contributed by atoms with Crippen LogP contribution in [0.25, 0.3) is 0 Å². The first-order valence-electron chi connectivity index (χ1n) is 6.38. The van der Waals surface area contributed by atoms with Crippen LogP contribution in [0.2, 0.25) is 5.02 Å². The van der Waals surface area contributed by atoms with Crippen molar-refractivity contribution in [1.29, 1.82) is 0 Å². The van der Waals surface area contributed by atoms with Crippen LogP contribution in [0, 0.1) is 0 Å². The summed E-state index contributed by atoms with van der Waals surface area (Å²) in [6.45, 7) is 4.85. The minimum absolute atomic E-state index is 0.0512. The van der Waals surface area contributed by atoms with Crippen molar-refractivity contribution in [2.45, 2.75) is 24.8 Å². The SMILES string of the molecule is CC(C)N(C)CCNS(=O)(=O)c1ccc(C(=O)O)c(Cl)c1. The first kappa shape index (κ1) is 17.9. The lowest BCUT2D eigenvalue weighted by molar-refractivity contribution is 0.0697. The number of sulfonamides is 1. The number of hydrogen-bond donors (Lipinski definition) is 2. The zero-order valence-corrected chi connectivity index (χ0v) is 13.7. The van der Waals surface area contributed by atoms with Crippen LogP contribution in [0.4, 0.5) is 0 Å². The average Bonchev–Trinajstić information content (AvgIpc) is 2.37. The third-order valence-corrected chi connectivity index (χ3v) is 4.89. The molecule has 0 saturated carbocycles. The fraction of sp³-hybridized carbons (Fsp3) is 0.462. The summed E-state index contributed by atoms with van der Waals surface area (Å²) in [5, 5.41) is 8.75. The predicted molar refractivity (Wildman–Crippen MR) is 81.4 cm³/mol. The Labute approximate surface area is 129 Å². The Bertz CT molecular complexity index is 617. The summed E-state index contributed by atoms with van der Waals surface area (Å²) in [4.78, 5) is 12.8. The van der Waals surface area contributed by atoms with E-state index in [4.69, 9.17) is 16.7 Å². The van der Waals surface area contributed by atoms with Crippen LogP contribution in [0.5, 0.6) is 0 Å². The van der Waals surface area contributed by atoms with Crippen molar-refractivity contribution >= 4 is 27.6 Å². The van der Waals surface area contributed by atoms with Crippen molar-refractivity contribution in [3.05, 3.63) is 28.8 Å². The van der Waals surface area contributed by atoms with Gasteiger partial charge in [0.2, 0.25) is 10.0 Å². The molecule has 1 aromatic rings. The summed E-state index contributed by atoms with van der Waals surface area (Å²) in [5.74, 6) is -1.20. The van der Waals surface area contributed by atoms with E-state index in [2.05, 4.69) is 4.72 Å². The van der Waals surface area contributed by atoms with E-state index in [1.165, 1.54) is 12.1 Å². The van der Waals surface area contributed by atoms with E-state index in [0.717, 1.165) is 6.07 Å². The van der Waals surface area contributed by atoms with Gasteiger partial charge in [0, 0.05) is 19.1 Å². The van der Waals surface area contributed by atoms with Crippen LogP contribution >= 0.6 is 11.6 Å². The Hall–Kier alpha value is -1.15. The van der Waals surface area contributed by atoms with E-state index in [0.29, 0.717) is 12.6 Å². The van der Waals surface area contributed by atoms with Gasteiger partial charge >= 0.3 is 5.97 Å². The number of nitrogens with one attached hydrogen (secondary N) is 1. The van der Waals surface area contributed by atoms with E-state index in [-0.39, 0.29) is 22.0 Å². The summed E-state index contributed by atoms with van der Waals surface area (Å²) in [6, 6.07) is 3.86. The third-order valence-electron chi connectivity index (χ3n) is 3.12. The quantitative estimate of drug-likeness (QED) is 0.792. The second-order valence-corrected chi connectivity index (χ2v) is 7.09. The molecule has 0 amide bonds. The Kier molecular flexibility index (Phi) is 6.15. The number of hydrogen-bond acceptors (Lipinski definition) is 4. The fourth-order valence-electron chi connectivity index (χ4n) is 1.53. The van der Waals surface area contributed by atoms with Crippen molar-refractivity contribution < 1.29 is 18.3 Å². The highest BCUT2D eigenvalue weighted by atomic mass is 35.5. The number of halogens is 1. The van der Waals surface area contributed by atoms with Crippen molar-refractivity contribution in [2.75, 3.05) is 20.1 Å². The van der Waals surface area contributed by atoms with Gasteiger partial charge in [-0.05, 0) is 39.1 Å². The van der Waals surface area contributed by atoms with Crippen molar-refractivity contribution in [3.63, 3.8) is 0 Å². The Morgan fingerprint density at radius 3 is 2.52 bits per heavy atom. The number of carboxylic acids is 1. The Balaban J connectivity index is 2.79. The van der Waals surface area contributed by atoms with E-state index in [9.17, 15) is 13.2 Å². The lowest BCUT2D eigenvalue weighted by Gasteiger charge is -2.20. The van der Waals surface area contributed by atoms with Crippen LogP contribution in [0.1, 0.15) is 24.2 Å². The largest absolute Gasteiger partial charge is 0.478 e. The molecule has 0 aliphatic rings. The molecule has 118 valence electrons. The molecule has 8 heteroatoms. The zero-order chi connectivity index (χ0) is 16.2. The van der Waals surface area contributed by atoms with Gasteiger partial charge < -0.3 is 10.0 Å². The number of rotatable bonds is 7. The number of likely N-dealkylation sites (N-methyl/N-ethyl adjacent to an activating group) is 1. The topological polar surface area (TPSA) is 86.7 Å². The van der Waals surface area contributed by atoms with Crippen LogP contribution < -0.4 is 4.72 Å². The van der Waals surface area contributed by atoms with Crippen LogP contribution in [0.15, 0.2) is 23.1 Å². The van der Waals surface area contributed by atoms with E-state index in [1.807, 2.05) is 25.8 Å². The van der Waals surface area contributed by atoms with Gasteiger partial charge in [0.25, 0.3) is 0 Å². The molecule has 0 aromatic heterocycles. The van der Waals surface area contributed by atoms with Crippen LogP contribution in [-0.2, 0) is 10.0 Å². The highest BCUT2D eigenvalue weighted by Crippen LogP contribution is 2.20. The number of carbonyl (C=O) groups is 1. The molecular formula is C13H19ClN2O4S. The van der Waals surface area contributed by atoms with Crippen molar-refractivity contribution in [2.24, 2.45) is 0 Å². The second-order valence-electron chi connectivity index (χ2n) is 4.92. The van der Waals surface area contributed by atoms with Gasteiger partial charge in [0.05, 0.1) is 15.5 Å². The molecule has 0 saturated heterocycles. The van der Waals surface area contributed by atoms with Gasteiger partial charge in [-0.15, -0.1) is 0 Å². The molecule has 1 aromatic carbocycles. The Morgan fingerprint density at radius 2 is 2.05 bits per heavy atom. The van der Waals surface area contributed by atoms with Gasteiger partial charge in [0.15, 0.2) is 0 Å². The first-order valence-corrected chi connectivity index (χ1v) is 8.24. The molecule has 0 aliphatic heterocycles. The maximum absolute atomic E-state index is 12.1. The van der Waals surface area contributed by atoms with Gasteiger partial charge in [-0.3, -0.25) is 0 Å². The van der Waals surface area contributed by atoms with Gasteiger partial charge in [-0.25, -0.2) is 17.9 Å². The van der Waals surface area contributed by atoms with Gasteiger partial charge in [0.1, 0.15) is 0 Å². The molecule has 6 nitrogen and oxygen atoms in total. The summed E-state index contributed by atoms with van der Waals surface area (Å²) in [6.07, 6.45) is 0. The highest BCUT2D eigenvalue weighted by molar-refractivity contribution is 7.89. The molecule has 0 heterocycles. The molecule has 0 spiro atoms. The number of nitrogens with zero attached hydrogens (tertiary/aromatic N) is 1. The van der Waals surface area contributed by atoms with E-state index >= 15 is 0 Å². The fourth-order valence-corrected chi connectivity index (χ4v) is 2.91. The van der Waals surface area contributed by atoms with Crippen molar-refractivity contribution in [1.82, 2.24) is 9.62 Å². The molecule has 0 aliphatic carbocycles. The number of aromatic carboxylic acids is 1. The first-order chi connectivity index (χ1) is 9.65. The maximum Gasteiger partial charge on any atom is 0.337 e. The third kappa shape index (κ3) is 4.96. The summed E-state index contributed by atoms with van der Waals surface area (Å²) in [5.41, 5.74) is -0.129. The standard InChI is InChI=1S/C13H19ClN2O4S/c1-9(2)16(3)7-6-15-21(19,20)10-4-5-11(13(17)18)12(14)8-10/h4-5,8-9,15H,6-7H2,1-3H3,(H,17,18). The Morgan fingerprint density at radius 1 is 1.43 bits per heavy atom. The number of carboxylic acid groups (broad SMARTS) is 1. The predicted octanol–water partition coefficient (Wildman–Crippen LogP) is 1.66. The van der Waals surface area contributed by atoms with Crippen LogP contribution in [0.3, 0.4) is 0 Å². The lowest BCUT2D eigenvalue weighted by Crippen LogP contribution is -2.36. The van der Waals surface area contributed by atoms with E-state index < -0.39 is 16.0 Å². The molecule has 0 fully saturated rings. The summed E-state index contributed by atoms with van der Waals surface area (Å²) >= 11 is 5.78. The minimum Gasteiger partial charge on any atom is -0.478 e. The summed E-state index contributed by atoms with van der Waals surface area (Å²) in [7, 11) is -1.80. The zero-order valence-electron chi connectivity index (χ0n) is 12.1. The van der Waals surface area contributed by atoms with Crippen molar-refractivity contribution in [3.8, 4) is 0 Å². The molecule has 0 radical (unpaired) electrons. The molecule has 0 bridgehead atoms. The van der Waals surface area contributed by atoms with Crippen LogP contribution in [-0.4, -0.2) is 50.6 Å². The normalized spacial score (nSPS) is 12.1. The smallest absolute Gasteiger partial charge is 0.337 e. The van der Waals surface area contributed by atoms with E-state index in [1.54, 1.807) is 0 Å². The second kappa shape index (κ2) is 7.22. The monoisotopic (exact) mass is 334 g/mol. The van der Waals surface area contributed by atoms with Gasteiger partial charge in [-0.2, -0.15) is 0 Å². The molecule has 21 heavy (non-hydrogen) atoms. The minimum atomic E-state index is -3.70. The molecule has 0 atom stereocenters. The molecule has 1 rings (SSSR count). The summed E-state index contributed by atoms with van der Waals surface area (Å²) < 4.78 is 26.6. The lowest BCUT2D eigenvalue weighted by atomic mass is 10.2. The van der Waals surface area contributed by atoms with Gasteiger partial charge in [-0.1, -0.05) is 11.6 Å². The molecular weight excluding hydrogens is 316 g/mol. The number of benzene rings is 1. The average molecular weight is 335 g/mol.